The molecule has 0 N–H and O–H groups in total. The number of piperidine rings is 1. The second-order valence-electron chi connectivity index (χ2n) is 5.90. The largest absolute Gasteiger partial charge is 0.282 e. The van der Waals surface area contributed by atoms with Crippen molar-refractivity contribution in [2.24, 2.45) is 5.92 Å². The van der Waals surface area contributed by atoms with Gasteiger partial charge < -0.3 is 0 Å². The second-order valence-corrected chi connectivity index (χ2v) is 8.76. The van der Waals surface area contributed by atoms with Gasteiger partial charge in [-0.1, -0.05) is 13.0 Å². The van der Waals surface area contributed by atoms with Crippen molar-refractivity contribution in [1.29, 1.82) is 0 Å². The van der Waals surface area contributed by atoms with Gasteiger partial charge in [0, 0.05) is 24.5 Å². The van der Waals surface area contributed by atoms with Crippen LogP contribution in [0.1, 0.15) is 43.5 Å². The Morgan fingerprint density at radius 1 is 1.25 bits per heavy atom. The van der Waals surface area contributed by atoms with Gasteiger partial charge in [0.15, 0.2) is 0 Å². The average molecular weight is 314 g/mol. The van der Waals surface area contributed by atoms with Crippen LogP contribution in [0.3, 0.4) is 0 Å². The highest BCUT2D eigenvalue weighted by Gasteiger charge is 2.40. The van der Waals surface area contributed by atoms with Crippen LogP contribution in [0, 0.1) is 5.92 Å². The molecule has 0 amide bonds. The Balaban J connectivity index is 1.83. The first-order valence-corrected chi connectivity index (χ1v) is 9.67. The van der Waals surface area contributed by atoms with Gasteiger partial charge in [0.1, 0.15) is 0 Å². The molecule has 0 radical (unpaired) electrons. The number of rotatable bonds is 3. The fourth-order valence-electron chi connectivity index (χ4n) is 3.29. The fourth-order valence-corrected chi connectivity index (χ4v) is 6.23. The summed E-state index contributed by atoms with van der Waals surface area (Å²) in [6, 6.07) is 4.12. The molecule has 0 spiro atoms. The first-order chi connectivity index (χ1) is 9.59. The van der Waals surface area contributed by atoms with Gasteiger partial charge in [-0.3, -0.25) is 0 Å². The van der Waals surface area contributed by atoms with E-state index in [1.54, 1.807) is 19.9 Å². The lowest BCUT2D eigenvalue weighted by atomic mass is 10.0. The van der Waals surface area contributed by atoms with E-state index in [1.807, 2.05) is 11.4 Å². The summed E-state index contributed by atoms with van der Waals surface area (Å²) in [5.74, 6) is 0.473. The molecule has 1 aromatic heterocycles. The molecule has 2 saturated heterocycles. The molecule has 112 valence electrons. The van der Waals surface area contributed by atoms with Crippen molar-refractivity contribution in [1.82, 2.24) is 8.61 Å². The van der Waals surface area contributed by atoms with E-state index < -0.39 is 10.2 Å². The summed E-state index contributed by atoms with van der Waals surface area (Å²) >= 11 is 1.66. The highest BCUT2D eigenvalue weighted by atomic mass is 32.2. The molecular weight excluding hydrogens is 292 g/mol. The van der Waals surface area contributed by atoms with E-state index >= 15 is 0 Å². The SMILES string of the molecule is C[C@@H]1CCCN(S(=O)(=O)N2CCC[C@@H]2c2cccs2)C1. The Labute approximate surface area is 125 Å². The van der Waals surface area contributed by atoms with Crippen LogP contribution >= 0.6 is 11.3 Å². The van der Waals surface area contributed by atoms with Crippen LogP contribution in [0.4, 0.5) is 0 Å². The topological polar surface area (TPSA) is 40.6 Å². The third kappa shape index (κ3) is 2.66. The van der Waals surface area contributed by atoms with Gasteiger partial charge >= 0.3 is 0 Å². The van der Waals surface area contributed by atoms with Crippen LogP contribution in [0.25, 0.3) is 0 Å². The summed E-state index contributed by atoms with van der Waals surface area (Å²) < 4.78 is 29.2. The third-order valence-electron chi connectivity index (χ3n) is 4.32. The molecule has 2 aliphatic heterocycles. The summed E-state index contributed by atoms with van der Waals surface area (Å²) in [5, 5.41) is 2.03. The van der Waals surface area contributed by atoms with Gasteiger partial charge in [0.2, 0.25) is 0 Å². The molecule has 1 aromatic rings. The second kappa shape index (κ2) is 5.75. The van der Waals surface area contributed by atoms with E-state index in [0.29, 0.717) is 25.6 Å². The molecule has 3 heterocycles. The van der Waals surface area contributed by atoms with Crippen LogP contribution in [0.5, 0.6) is 0 Å². The zero-order valence-corrected chi connectivity index (χ0v) is 13.5. The lowest BCUT2D eigenvalue weighted by Gasteiger charge is -2.35. The summed E-state index contributed by atoms with van der Waals surface area (Å²) in [5.41, 5.74) is 0. The molecule has 0 aromatic carbocycles. The molecule has 4 nitrogen and oxygen atoms in total. The summed E-state index contributed by atoms with van der Waals surface area (Å²) in [6.07, 6.45) is 4.03. The first-order valence-electron chi connectivity index (χ1n) is 7.39. The molecule has 20 heavy (non-hydrogen) atoms. The highest BCUT2D eigenvalue weighted by molar-refractivity contribution is 7.86. The van der Waals surface area contributed by atoms with E-state index in [9.17, 15) is 8.42 Å². The number of nitrogens with zero attached hydrogens (tertiary/aromatic N) is 2. The molecule has 6 heteroatoms. The van der Waals surface area contributed by atoms with Gasteiger partial charge in [-0.25, -0.2) is 0 Å². The Morgan fingerprint density at radius 2 is 2.05 bits per heavy atom. The Bertz CT molecular complexity index is 542. The summed E-state index contributed by atoms with van der Waals surface area (Å²) in [4.78, 5) is 1.18. The van der Waals surface area contributed by atoms with Crippen molar-refractivity contribution < 1.29 is 8.42 Å². The minimum Gasteiger partial charge on any atom is -0.195 e. The van der Waals surface area contributed by atoms with Crippen molar-refractivity contribution in [2.45, 2.75) is 38.6 Å². The average Bonchev–Trinajstić information content (AvgIpc) is 3.09. The van der Waals surface area contributed by atoms with Gasteiger partial charge in [0.05, 0.1) is 6.04 Å². The van der Waals surface area contributed by atoms with Crippen LogP contribution in [0.2, 0.25) is 0 Å². The maximum atomic E-state index is 12.9. The predicted molar refractivity (Wildman–Crippen MR) is 81.9 cm³/mol. The Morgan fingerprint density at radius 3 is 2.75 bits per heavy atom. The number of hydrogen-bond donors (Lipinski definition) is 0. The first kappa shape index (κ1) is 14.5. The highest BCUT2D eigenvalue weighted by Crippen LogP contribution is 2.38. The standard InChI is InChI=1S/C14H22N2O2S2/c1-12-5-2-8-15(11-12)20(17,18)16-9-3-6-13(16)14-7-4-10-19-14/h4,7,10,12-13H,2-3,5-6,8-9,11H2,1H3/t12-,13-/m1/s1. The van der Waals surface area contributed by atoms with Gasteiger partial charge in [-0.2, -0.15) is 17.0 Å². The zero-order chi connectivity index (χ0) is 14.2. The van der Waals surface area contributed by atoms with Crippen molar-refractivity contribution in [3.8, 4) is 0 Å². The van der Waals surface area contributed by atoms with Crippen molar-refractivity contribution in [3.05, 3.63) is 22.4 Å². The van der Waals surface area contributed by atoms with Gasteiger partial charge in [0.25, 0.3) is 10.2 Å². The van der Waals surface area contributed by atoms with E-state index in [-0.39, 0.29) is 6.04 Å². The molecule has 2 fully saturated rings. The zero-order valence-electron chi connectivity index (χ0n) is 11.9. The minimum absolute atomic E-state index is 0.0530. The summed E-state index contributed by atoms with van der Waals surface area (Å²) in [7, 11) is -3.30. The molecule has 3 rings (SSSR count). The molecule has 2 aliphatic rings. The van der Waals surface area contributed by atoms with E-state index in [0.717, 1.165) is 25.7 Å². The van der Waals surface area contributed by atoms with E-state index in [1.165, 1.54) is 4.88 Å². The molecule has 0 saturated carbocycles. The lowest BCUT2D eigenvalue weighted by molar-refractivity contribution is 0.254. The van der Waals surface area contributed by atoms with Gasteiger partial charge in [-0.05, 0) is 43.0 Å². The quantitative estimate of drug-likeness (QED) is 0.861. The van der Waals surface area contributed by atoms with Gasteiger partial charge in [-0.15, -0.1) is 11.3 Å². The van der Waals surface area contributed by atoms with Crippen LogP contribution in [-0.2, 0) is 10.2 Å². The Kier molecular flexibility index (Phi) is 4.17. The maximum absolute atomic E-state index is 12.9. The Hall–Kier alpha value is -0.430. The van der Waals surface area contributed by atoms with Crippen LogP contribution in [-0.4, -0.2) is 36.7 Å². The van der Waals surface area contributed by atoms with Crippen LogP contribution < -0.4 is 0 Å². The molecule has 0 unspecified atom stereocenters. The van der Waals surface area contributed by atoms with Crippen molar-refractivity contribution in [3.63, 3.8) is 0 Å². The maximum Gasteiger partial charge on any atom is 0.282 e. The smallest absolute Gasteiger partial charge is 0.195 e. The summed E-state index contributed by atoms with van der Waals surface area (Å²) in [6.45, 7) is 4.16. The minimum atomic E-state index is -3.30. The van der Waals surface area contributed by atoms with E-state index in [2.05, 4.69) is 13.0 Å². The monoisotopic (exact) mass is 314 g/mol. The molecule has 0 aliphatic carbocycles. The van der Waals surface area contributed by atoms with Crippen LogP contribution in [0.15, 0.2) is 17.5 Å². The number of hydrogen-bond acceptors (Lipinski definition) is 3. The third-order valence-corrected chi connectivity index (χ3v) is 7.31. The molecular formula is C14H22N2O2S2. The lowest BCUT2D eigenvalue weighted by Crippen LogP contribution is -2.47. The molecule has 2 atom stereocenters. The molecule has 0 bridgehead atoms. The van der Waals surface area contributed by atoms with E-state index in [4.69, 9.17) is 0 Å². The number of thiophene rings is 1. The fraction of sp³-hybridized carbons (Fsp3) is 0.714. The normalized spacial score (nSPS) is 29.9. The van der Waals surface area contributed by atoms with Crippen molar-refractivity contribution >= 4 is 21.5 Å². The predicted octanol–water partition coefficient (Wildman–Crippen LogP) is 2.86. The van der Waals surface area contributed by atoms with Crippen molar-refractivity contribution in [2.75, 3.05) is 19.6 Å².